The van der Waals surface area contributed by atoms with Crippen molar-refractivity contribution in [3.8, 4) is 0 Å². The average molecular weight is 230 g/mol. The van der Waals surface area contributed by atoms with Crippen LogP contribution in [0.3, 0.4) is 0 Å². The smallest absolute Gasteiger partial charge is 0.410 e. The summed E-state index contributed by atoms with van der Waals surface area (Å²) in [4.78, 5) is 13.3. The molecule has 1 amide bonds. The van der Waals surface area contributed by atoms with Gasteiger partial charge in [-0.25, -0.2) is 4.79 Å². The molecule has 1 aliphatic heterocycles. The van der Waals surface area contributed by atoms with Crippen LogP contribution >= 0.6 is 0 Å². The second kappa shape index (κ2) is 5.01. The fourth-order valence-electron chi connectivity index (χ4n) is 1.68. The molecule has 1 rings (SSSR count). The lowest BCUT2D eigenvalue weighted by Gasteiger charge is -2.28. The molecule has 0 spiro atoms. The minimum atomic E-state index is -0.515. The van der Waals surface area contributed by atoms with Crippen LogP contribution in [0, 0.1) is 0 Å². The van der Waals surface area contributed by atoms with E-state index in [1.54, 1.807) is 0 Å². The van der Waals surface area contributed by atoms with E-state index in [0.29, 0.717) is 19.5 Å². The number of carbonyl (C=O) groups excluding carboxylic acids is 1. The third kappa shape index (κ3) is 4.37. The fraction of sp³-hybridized carbons (Fsp3) is 0.909. The Morgan fingerprint density at radius 1 is 1.38 bits per heavy atom. The highest BCUT2D eigenvalue weighted by Gasteiger charge is 2.27. The van der Waals surface area contributed by atoms with Gasteiger partial charge >= 0.3 is 6.09 Å². The minimum absolute atomic E-state index is 0.0790. The molecule has 1 fully saturated rings. The topological polar surface area (TPSA) is 75.8 Å². The van der Waals surface area contributed by atoms with Crippen LogP contribution in [0.2, 0.25) is 0 Å². The zero-order chi connectivity index (χ0) is 12.3. The Kier molecular flexibility index (Phi) is 4.15. The molecule has 2 atom stereocenters. The van der Waals surface area contributed by atoms with Crippen LogP contribution in [0.25, 0.3) is 0 Å². The fourth-order valence-corrected chi connectivity index (χ4v) is 1.68. The number of hydrogen-bond donors (Lipinski definition) is 2. The van der Waals surface area contributed by atoms with Crippen LogP contribution < -0.4 is 5.73 Å². The summed E-state index contributed by atoms with van der Waals surface area (Å²) in [6.45, 7) is 6.21. The molecular weight excluding hydrogens is 208 g/mol. The number of aliphatic hydroxyl groups excluding tert-OH is 1. The van der Waals surface area contributed by atoms with Gasteiger partial charge in [-0.1, -0.05) is 0 Å². The second-order valence-corrected chi connectivity index (χ2v) is 5.38. The van der Waals surface area contributed by atoms with Gasteiger partial charge in [0.1, 0.15) is 5.60 Å². The molecule has 1 heterocycles. The Morgan fingerprint density at radius 3 is 2.56 bits per heavy atom. The lowest BCUT2D eigenvalue weighted by Crippen LogP contribution is -2.44. The summed E-state index contributed by atoms with van der Waals surface area (Å²) in [6.07, 6.45) is 0.478. The van der Waals surface area contributed by atoms with Crippen LogP contribution in [0.4, 0.5) is 4.79 Å². The third-order valence-corrected chi connectivity index (χ3v) is 2.41. The van der Waals surface area contributed by atoms with Crippen molar-refractivity contribution in [3.63, 3.8) is 0 Å². The highest BCUT2D eigenvalue weighted by atomic mass is 16.6. The Bertz CT molecular complexity index is 238. The van der Waals surface area contributed by atoms with E-state index in [0.717, 1.165) is 6.42 Å². The molecule has 5 heteroatoms. The van der Waals surface area contributed by atoms with Crippen LogP contribution in [0.1, 0.15) is 33.6 Å². The zero-order valence-electron chi connectivity index (χ0n) is 10.3. The first-order valence-electron chi connectivity index (χ1n) is 5.69. The first kappa shape index (κ1) is 13.3. The monoisotopic (exact) mass is 230 g/mol. The number of aliphatic hydroxyl groups is 1. The summed E-state index contributed by atoms with van der Waals surface area (Å²) in [5, 5.41) is 9.62. The molecule has 0 aromatic carbocycles. The van der Waals surface area contributed by atoms with Gasteiger partial charge in [-0.15, -0.1) is 0 Å². The van der Waals surface area contributed by atoms with Crippen LogP contribution in [0.15, 0.2) is 0 Å². The Morgan fingerprint density at radius 2 is 2.00 bits per heavy atom. The number of ether oxygens (including phenoxy) is 1. The Hall–Kier alpha value is -0.810. The summed E-state index contributed by atoms with van der Waals surface area (Å²) in [5.74, 6) is 0. The van der Waals surface area contributed by atoms with Gasteiger partial charge in [0.25, 0.3) is 0 Å². The first-order chi connectivity index (χ1) is 7.28. The highest BCUT2D eigenvalue weighted by Crippen LogP contribution is 2.14. The van der Waals surface area contributed by atoms with E-state index < -0.39 is 17.8 Å². The van der Waals surface area contributed by atoms with Crippen molar-refractivity contribution in [2.75, 3.05) is 13.1 Å². The van der Waals surface area contributed by atoms with Gasteiger partial charge in [0.2, 0.25) is 0 Å². The van der Waals surface area contributed by atoms with Crippen molar-refractivity contribution >= 4 is 6.09 Å². The van der Waals surface area contributed by atoms with Crippen molar-refractivity contribution in [1.82, 2.24) is 4.90 Å². The van der Waals surface area contributed by atoms with Gasteiger partial charge in [-0.2, -0.15) is 0 Å². The maximum absolute atomic E-state index is 11.8. The van der Waals surface area contributed by atoms with E-state index in [1.807, 2.05) is 20.8 Å². The molecule has 0 saturated carbocycles. The molecule has 5 nitrogen and oxygen atoms in total. The molecular formula is C11H22N2O3. The van der Waals surface area contributed by atoms with E-state index in [2.05, 4.69) is 0 Å². The van der Waals surface area contributed by atoms with E-state index in [1.165, 1.54) is 4.90 Å². The number of rotatable bonds is 0. The summed E-state index contributed by atoms with van der Waals surface area (Å²) < 4.78 is 5.25. The number of likely N-dealkylation sites (tertiary alicyclic amines) is 1. The van der Waals surface area contributed by atoms with E-state index in [9.17, 15) is 9.90 Å². The predicted octanol–water partition coefficient (Wildman–Crippen LogP) is 0.705. The van der Waals surface area contributed by atoms with Gasteiger partial charge in [0, 0.05) is 19.1 Å². The van der Waals surface area contributed by atoms with Gasteiger partial charge in [0.05, 0.1) is 6.10 Å². The van der Waals surface area contributed by atoms with Crippen molar-refractivity contribution in [2.45, 2.75) is 51.4 Å². The molecule has 1 saturated heterocycles. The molecule has 1 aliphatic rings. The van der Waals surface area contributed by atoms with Crippen LogP contribution in [-0.2, 0) is 4.74 Å². The van der Waals surface area contributed by atoms with E-state index >= 15 is 0 Å². The number of nitrogens with zero attached hydrogens (tertiary/aromatic N) is 1. The van der Waals surface area contributed by atoms with Crippen molar-refractivity contribution < 1.29 is 14.6 Å². The molecule has 16 heavy (non-hydrogen) atoms. The molecule has 0 radical (unpaired) electrons. The van der Waals surface area contributed by atoms with E-state index in [4.69, 9.17) is 10.5 Å². The molecule has 0 aromatic rings. The Balaban J connectivity index is 2.59. The normalized spacial score (nSPS) is 27.4. The zero-order valence-corrected chi connectivity index (χ0v) is 10.3. The lowest BCUT2D eigenvalue weighted by molar-refractivity contribution is 0.0168. The van der Waals surface area contributed by atoms with Crippen molar-refractivity contribution in [1.29, 1.82) is 0 Å². The van der Waals surface area contributed by atoms with Gasteiger partial charge in [-0.3, -0.25) is 0 Å². The lowest BCUT2D eigenvalue weighted by atomic mass is 10.1. The maximum atomic E-state index is 11.8. The molecule has 0 unspecified atom stereocenters. The molecule has 0 aliphatic carbocycles. The average Bonchev–Trinajstić information content (AvgIpc) is 2.25. The van der Waals surface area contributed by atoms with E-state index in [-0.39, 0.29) is 6.04 Å². The predicted molar refractivity (Wildman–Crippen MR) is 61.0 cm³/mol. The number of nitrogens with two attached hydrogens (primary N) is 1. The summed E-state index contributed by atoms with van der Waals surface area (Å²) >= 11 is 0. The number of hydrogen-bond acceptors (Lipinski definition) is 4. The van der Waals surface area contributed by atoms with Crippen molar-refractivity contribution in [3.05, 3.63) is 0 Å². The first-order valence-corrected chi connectivity index (χ1v) is 5.69. The third-order valence-electron chi connectivity index (χ3n) is 2.41. The summed E-state index contributed by atoms with van der Waals surface area (Å²) in [7, 11) is 0. The Labute approximate surface area is 96.6 Å². The van der Waals surface area contributed by atoms with Crippen molar-refractivity contribution in [2.24, 2.45) is 5.73 Å². The molecule has 0 aromatic heterocycles. The van der Waals surface area contributed by atoms with Gasteiger partial charge in [-0.05, 0) is 33.6 Å². The molecule has 3 N–H and O–H groups in total. The number of β-amino-alcohol motifs (C(OH)–C–C–N with tert-alkyl or cyclic N) is 1. The summed E-state index contributed by atoms with van der Waals surface area (Å²) in [6, 6.07) is -0.0790. The largest absolute Gasteiger partial charge is 0.444 e. The molecule has 94 valence electrons. The number of carbonyl (C=O) groups is 1. The highest BCUT2D eigenvalue weighted by molar-refractivity contribution is 5.68. The molecule has 0 bridgehead atoms. The minimum Gasteiger partial charge on any atom is -0.444 e. The van der Waals surface area contributed by atoms with Gasteiger partial charge < -0.3 is 20.5 Å². The SMILES string of the molecule is CC(C)(C)OC(=O)N1C[C@@H](N)CC[C@H](O)C1. The second-order valence-electron chi connectivity index (χ2n) is 5.38. The van der Waals surface area contributed by atoms with Gasteiger partial charge in [0.15, 0.2) is 0 Å². The standard InChI is InChI=1S/C11H22N2O3/c1-11(2,3)16-10(15)13-6-8(12)4-5-9(14)7-13/h8-9,14H,4-7,12H2,1-3H3/t8-,9-/m0/s1. The summed E-state index contributed by atoms with van der Waals surface area (Å²) in [5.41, 5.74) is 5.31. The van der Waals surface area contributed by atoms with Crippen LogP contribution in [0.5, 0.6) is 0 Å². The number of amides is 1. The van der Waals surface area contributed by atoms with Crippen LogP contribution in [-0.4, -0.2) is 46.9 Å². The maximum Gasteiger partial charge on any atom is 0.410 e. The quantitative estimate of drug-likeness (QED) is 0.642.